The van der Waals surface area contributed by atoms with Gasteiger partial charge in [0.2, 0.25) is 0 Å². The van der Waals surface area contributed by atoms with Gasteiger partial charge in [-0.1, -0.05) is 30.3 Å². The summed E-state index contributed by atoms with van der Waals surface area (Å²) in [7, 11) is 0. The number of nitro groups is 1. The van der Waals surface area contributed by atoms with Crippen LogP contribution in [0.4, 0.5) is 5.69 Å². The van der Waals surface area contributed by atoms with Crippen LogP contribution in [0, 0.1) is 17.0 Å². The van der Waals surface area contributed by atoms with E-state index in [0.29, 0.717) is 0 Å². The van der Waals surface area contributed by atoms with Crippen molar-refractivity contribution < 1.29 is 4.92 Å². The lowest BCUT2D eigenvalue weighted by Gasteiger charge is -2.11. The Labute approximate surface area is 103 Å². The van der Waals surface area contributed by atoms with Crippen molar-refractivity contribution in [2.75, 3.05) is 0 Å². The third-order valence-corrected chi connectivity index (χ3v) is 2.92. The lowest BCUT2D eigenvalue weighted by Crippen LogP contribution is -2.22. The van der Waals surface area contributed by atoms with Gasteiger partial charge in [-0.05, 0) is 19.4 Å². The molecule has 1 heterocycles. The molecule has 0 amide bonds. The smallest absolute Gasteiger partial charge is 0.292 e. The van der Waals surface area contributed by atoms with Crippen LogP contribution in [0.15, 0.2) is 35.1 Å². The third-order valence-electron chi connectivity index (χ3n) is 2.92. The summed E-state index contributed by atoms with van der Waals surface area (Å²) in [6.45, 7) is 3.34. The summed E-state index contributed by atoms with van der Waals surface area (Å²) >= 11 is 0. The summed E-state index contributed by atoms with van der Waals surface area (Å²) in [5, 5.41) is 13.5. The number of rotatable bonds is 3. The normalized spacial score (nSPS) is 12.3. The van der Waals surface area contributed by atoms with Gasteiger partial charge in [0.1, 0.15) is 5.69 Å². The average molecular weight is 247 g/mol. The van der Waals surface area contributed by atoms with E-state index in [-0.39, 0.29) is 11.7 Å². The van der Waals surface area contributed by atoms with E-state index in [0.717, 1.165) is 5.56 Å². The van der Waals surface area contributed by atoms with Gasteiger partial charge in [-0.3, -0.25) is 20.0 Å². The molecule has 2 aromatic rings. The summed E-state index contributed by atoms with van der Waals surface area (Å²) in [6, 6.07) is 9.08. The second-order valence-corrected chi connectivity index (χ2v) is 4.10. The molecule has 6 heteroatoms. The molecule has 1 atom stereocenters. The predicted molar refractivity (Wildman–Crippen MR) is 66.7 cm³/mol. The van der Waals surface area contributed by atoms with Crippen LogP contribution in [0.2, 0.25) is 0 Å². The van der Waals surface area contributed by atoms with Gasteiger partial charge in [0.25, 0.3) is 0 Å². The number of aryl methyl sites for hydroxylation is 1. The van der Waals surface area contributed by atoms with Crippen molar-refractivity contribution in [3.63, 3.8) is 0 Å². The van der Waals surface area contributed by atoms with Crippen molar-refractivity contribution >= 4 is 5.69 Å². The molecule has 0 fully saturated rings. The van der Waals surface area contributed by atoms with Gasteiger partial charge in [0.05, 0.1) is 11.0 Å². The number of hydrogen-bond donors (Lipinski definition) is 1. The molecule has 0 aliphatic rings. The van der Waals surface area contributed by atoms with Crippen molar-refractivity contribution in [2.45, 2.75) is 19.9 Å². The monoisotopic (exact) mass is 247 g/mol. The van der Waals surface area contributed by atoms with Crippen molar-refractivity contribution in [3.05, 3.63) is 62.1 Å². The summed E-state index contributed by atoms with van der Waals surface area (Å²) in [5.41, 5.74) is 0.190. The van der Waals surface area contributed by atoms with E-state index in [1.165, 1.54) is 11.6 Å². The molecule has 1 unspecified atom stereocenters. The summed E-state index contributed by atoms with van der Waals surface area (Å²) in [4.78, 5) is 22.1. The second-order valence-electron chi connectivity index (χ2n) is 4.10. The Kier molecular flexibility index (Phi) is 3.01. The topological polar surface area (TPSA) is 80.9 Å². The molecule has 1 aromatic carbocycles. The summed E-state index contributed by atoms with van der Waals surface area (Å²) < 4.78 is 1.28. The molecule has 2 rings (SSSR count). The molecule has 1 aromatic heterocycles. The Morgan fingerprint density at radius 1 is 1.33 bits per heavy atom. The van der Waals surface area contributed by atoms with Gasteiger partial charge >= 0.3 is 11.2 Å². The first-order valence-electron chi connectivity index (χ1n) is 5.53. The molecular weight excluding hydrogens is 234 g/mol. The third kappa shape index (κ3) is 1.92. The van der Waals surface area contributed by atoms with E-state index in [1.54, 1.807) is 0 Å². The Hall–Kier alpha value is -2.37. The minimum Gasteiger partial charge on any atom is -0.292 e. The van der Waals surface area contributed by atoms with Crippen LogP contribution in [-0.4, -0.2) is 14.7 Å². The Morgan fingerprint density at radius 3 is 2.44 bits per heavy atom. The van der Waals surface area contributed by atoms with Gasteiger partial charge in [-0.15, -0.1) is 0 Å². The molecule has 0 bridgehead atoms. The molecule has 0 aliphatic heterocycles. The van der Waals surface area contributed by atoms with Crippen LogP contribution in [0.5, 0.6) is 0 Å². The van der Waals surface area contributed by atoms with Crippen LogP contribution in [0.3, 0.4) is 0 Å². The van der Waals surface area contributed by atoms with E-state index >= 15 is 0 Å². The maximum absolute atomic E-state index is 11.9. The second kappa shape index (κ2) is 4.48. The highest BCUT2D eigenvalue weighted by Gasteiger charge is 2.24. The van der Waals surface area contributed by atoms with Crippen LogP contribution in [0.25, 0.3) is 0 Å². The van der Waals surface area contributed by atoms with Crippen LogP contribution >= 0.6 is 0 Å². The van der Waals surface area contributed by atoms with E-state index in [1.807, 2.05) is 37.3 Å². The molecule has 18 heavy (non-hydrogen) atoms. The Morgan fingerprint density at radius 2 is 1.94 bits per heavy atom. The minimum absolute atomic E-state index is 0.271. The van der Waals surface area contributed by atoms with Gasteiger partial charge in [0.15, 0.2) is 0 Å². The molecule has 0 saturated heterocycles. The summed E-state index contributed by atoms with van der Waals surface area (Å²) in [6.07, 6.45) is 0. The summed E-state index contributed by atoms with van der Waals surface area (Å²) in [5.74, 6) is 0. The first-order chi connectivity index (χ1) is 8.52. The van der Waals surface area contributed by atoms with Gasteiger partial charge in [-0.25, -0.2) is 4.68 Å². The molecule has 6 nitrogen and oxygen atoms in total. The number of benzene rings is 1. The van der Waals surface area contributed by atoms with Crippen molar-refractivity contribution in [1.82, 2.24) is 9.78 Å². The molecular formula is C12H13N3O3. The lowest BCUT2D eigenvalue weighted by molar-refractivity contribution is -0.386. The maximum atomic E-state index is 11.9. The number of H-pyrrole nitrogens is 1. The SMILES string of the molecule is Cc1[nH]n(C(C)c2ccccc2)c(=O)c1[N+](=O)[O-]. The number of nitrogens with one attached hydrogen (secondary N) is 1. The standard InChI is InChI=1S/C12H13N3O3/c1-8-11(15(17)18)12(16)14(13-8)9(2)10-6-4-3-5-7-10/h3-7,9,13H,1-2H3. The zero-order chi connectivity index (χ0) is 13.3. The van der Waals surface area contributed by atoms with Crippen molar-refractivity contribution in [2.24, 2.45) is 0 Å². The molecule has 1 N–H and O–H groups in total. The molecule has 0 saturated carbocycles. The highest BCUT2D eigenvalue weighted by Crippen LogP contribution is 2.18. The van der Waals surface area contributed by atoms with Crippen molar-refractivity contribution in [1.29, 1.82) is 0 Å². The fourth-order valence-electron chi connectivity index (χ4n) is 1.93. The number of hydrogen-bond acceptors (Lipinski definition) is 3. The number of nitrogens with zero attached hydrogens (tertiary/aromatic N) is 2. The van der Waals surface area contributed by atoms with Crippen LogP contribution in [0.1, 0.15) is 24.2 Å². The lowest BCUT2D eigenvalue weighted by atomic mass is 10.1. The fraction of sp³-hybridized carbons (Fsp3) is 0.250. The first kappa shape index (κ1) is 12.1. The van der Waals surface area contributed by atoms with Gasteiger partial charge < -0.3 is 0 Å². The van der Waals surface area contributed by atoms with Crippen LogP contribution < -0.4 is 5.56 Å². The Balaban J connectivity index is 2.51. The average Bonchev–Trinajstić information content (AvgIpc) is 2.65. The van der Waals surface area contributed by atoms with Gasteiger partial charge in [0, 0.05) is 0 Å². The number of aromatic nitrogens is 2. The van der Waals surface area contributed by atoms with E-state index < -0.39 is 16.2 Å². The highest BCUT2D eigenvalue weighted by molar-refractivity contribution is 5.32. The number of aromatic amines is 1. The van der Waals surface area contributed by atoms with E-state index in [9.17, 15) is 14.9 Å². The van der Waals surface area contributed by atoms with Crippen LogP contribution in [-0.2, 0) is 0 Å². The minimum atomic E-state index is -0.650. The molecule has 94 valence electrons. The fourth-order valence-corrected chi connectivity index (χ4v) is 1.93. The van der Waals surface area contributed by atoms with E-state index in [4.69, 9.17) is 0 Å². The van der Waals surface area contributed by atoms with Crippen molar-refractivity contribution in [3.8, 4) is 0 Å². The molecule has 0 radical (unpaired) electrons. The zero-order valence-electron chi connectivity index (χ0n) is 10.1. The molecule has 0 spiro atoms. The predicted octanol–water partition coefficient (Wildman–Crippen LogP) is 2.00. The van der Waals surface area contributed by atoms with Gasteiger partial charge in [-0.2, -0.15) is 0 Å². The highest BCUT2D eigenvalue weighted by atomic mass is 16.6. The van der Waals surface area contributed by atoms with E-state index in [2.05, 4.69) is 5.10 Å². The first-order valence-corrected chi connectivity index (χ1v) is 5.53. The Bertz CT molecular complexity index is 628. The maximum Gasteiger partial charge on any atom is 0.355 e. The largest absolute Gasteiger partial charge is 0.355 e. The molecule has 0 aliphatic carbocycles. The quantitative estimate of drug-likeness (QED) is 0.665. The zero-order valence-corrected chi connectivity index (χ0v) is 10.1.